The minimum Gasteiger partial charge on any atom is -0.390 e. The summed E-state index contributed by atoms with van der Waals surface area (Å²) in [6.07, 6.45) is 5.61. The van der Waals surface area contributed by atoms with Gasteiger partial charge in [-0.2, -0.15) is 0 Å². The predicted molar refractivity (Wildman–Crippen MR) is 69.7 cm³/mol. The number of aromatic nitrogens is 2. The van der Waals surface area contributed by atoms with E-state index < -0.39 is 0 Å². The van der Waals surface area contributed by atoms with E-state index >= 15 is 0 Å². The lowest BCUT2D eigenvalue weighted by atomic mass is 10.0. The molecule has 0 radical (unpaired) electrons. The van der Waals surface area contributed by atoms with Crippen molar-refractivity contribution in [2.75, 3.05) is 11.4 Å². The van der Waals surface area contributed by atoms with Gasteiger partial charge in [0.15, 0.2) is 5.82 Å². The Morgan fingerprint density at radius 1 is 1.17 bits per heavy atom. The fraction of sp³-hybridized carbons (Fsp3) is 0.286. The highest BCUT2D eigenvalue weighted by molar-refractivity contribution is 5.64. The monoisotopic (exact) mass is 241 g/mol. The second-order valence-corrected chi connectivity index (χ2v) is 4.41. The van der Waals surface area contributed by atoms with Gasteiger partial charge >= 0.3 is 0 Å². The van der Waals surface area contributed by atoms with E-state index in [1.54, 1.807) is 12.4 Å². The van der Waals surface area contributed by atoms with Gasteiger partial charge in [0.05, 0.1) is 24.7 Å². The summed E-state index contributed by atoms with van der Waals surface area (Å²) < 4.78 is 0. The Kier molecular flexibility index (Phi) is 2.94. The molecule has 0 unspecified atom stereocenters. The van der Waals surface area contributed by atoms with Gasteiger partial charge in [0.1, 0.15) is 0 Å². The smallest absolute Gasteiger partial charge is 0.151 e. The number of aliphatic hydroxyl groups excluding tert-OH is 1. The molecular weight excluding hydrogens is 226 g/mol. The third-order valence-electron chi connectivity index (χ3n) is 3.24. The van der Waals surface area contributed by atoms with Gasteiger partial charge in [-0.3, -0.25) is 4.98 Å². The van der Waals surface area contributed by atoms with Crippen LogP contribution >= 0.6 is 0 Å². The number of fused-ring (bicyclic) bond motifs is 1. The van der Waals surface area contributed by atoms with Crippen LogP contribution in [0.5, 0.6) is 0 Å². The molecule has 0 saturated heterocycles. The van der Waals surface area contributed by atoms with Crippen molar-refractivity contribution in [2.24, 2.45) is 0 Å². The first-order chi connectivity index (χ1) is 8.88. The lowest BCUT2D eigenvalue weighted by Gasteiger charge is -2.30. The molecule has 18 heavy (non-hydrogen) atoms. The largest absolute Gasteiger partial charge is 0.390 e. The first-order valence-corrected chi connectivity index (χ1v) is 6.16. The van der Waals surface area contributed by atoms with Gasteiger partial charge in [-0.15, -0.1) is 0 Å². The third kappa shape index (κ3) is 1.95. The molecule has 1 aromatic heterocycles. The molecule has 4 heteroatoms. The Labute approximate surface area is 106 Å². The summed E-state index contributed by atoms with van der Waals surface area (Å²) in [5.41, 5.74) is 3.18. The SMILES string of the molecule is OCc1cnc(N2CCCc3ccccc32)cn1. The van der Waals surface area contributed by atoms with Crippen molar-refractivity contribution < 1.29 is 5.11 Å². The third-order valence-corrected chi connectivity index (χ3v) is 3.24. The first kappa shape index (κ1) is 11.2. The quantitative estimate of drug-likeness (QED) is 0.874. The van der Waals surface area contributed by atoms with E-state index in [1.807, 2.05) is 6.07 Å². The molecule has 1 aliphatic heterocycles. The summed E-state index contributed by atoms with van der Waals surface area (Å²) in [5.74, 6) is 0.847. The van der Waals surface area contributed by atoms with Gasteiger partial charge in [0, 0.05) is 12.2 Å². The molecule has 3 rings (SSSR count). The fourth-order valence-corrected chi connectivity index (χ4v) is 2.34. The number of hydrogen-bond acceptors (Lipinski definition) is 4. The molecule has 1 aromatic carbocycles. The van der Waals surface area contributed by atoms with Crippen LogP contribution in [0.15, 0.2) is 36.7 Å². The van der Waals surface area contributed by atoms with Gasteiger partial charge < -0.3 is 10.0 Å². The minimum absolute atomic E-state index is 0.0656. The number of aliphatic hydroxyl groups is 1. The summed E-state index contributed by atoms with van der Waals surface area (Å²) in [5, 5.41) is 8.98. The van der Waals surface area contributed by atoms with E-state index in [-0.39, 0.29) is 6.61 Å². The summed E-state index contributed by atoms with van der Waals surface area (Å²) in [7, 11) is 0. The van der Waals surface area contributed by atoms with Crippen LogP contribution in [-0.4, -0.2) is 21.6 Å². The lowest BCUT2D eigenvalue weighted by molar-refractivity contribution is 0.276. The zero-order valence-electron chi connectivity index (χ0n) is 10.1. The molecule has 2 aromatic rings. The van der Waals surface area contributed by atoms with E-state index in [9.17, 15) is 0 Å². The molecule has 0 bridgehead atoms. The number of aryl methyl sites for hydroxylation is 1. The summed E-state index contributed by atoms with van der Waals surface area (Å²) >= 11 is 0. The summed E-state index contributed by atoms with van der Waals surface area (Å²) in [4.78, 5) is 10.8. The Hall–Kier alpha value is -1.94. The normalized spacial score (nSPS) is 14.4. The molecule has 1 aliphatic rings. The number of para-hydroxylation sites is 1. The molecule has 1 N–H and O–H groups in total. The molecule has 92 valence electrons. The molecule has 0 spiro atoms. The lowest BCUT2D eigenvalue weighted by Crippen LogP contribution is -2.25. The van der Waals surface area contributed by atoms with Crippen molar-refractivity contribution in [3.63, 3.8) is 0 Å². The van der Waals surface area contributed by atoms with Crippen molar-refractivity contribution in [3.05, 3.63) is 47.9 Å². The highest BCUT2D eigenvalue weighted by Crippen LogP contribution is 2.31. The van der Waals surface area contributed by atoms with Crippen molar-refractivity contribution in [1.82, 2.24) is 9.97 Å². The van der Waals surface area contributed by atoms with Crippen LogP contribution in [0.4, 0.5) is 11.5 Å². The maximum atomic E-state index is 8.98. The van der Waals surface area contributed by atoms with Crippen molar-refractivity contribution in [2.45, 2.75) is 19.4 Å². The topological polar surface area (TPSA) is 49.3 Å². The first-order valence-electron chi connectivity index (χ1n) is 6.16. The van der Waals surface area contributed by atoms with Crippen molar-refractivity contribution in [3.8, 4) is 0 Å². The van der Waals surface area contributed by atoms with Crippen LogP contribution in [0.3, 0.4) is 0 Å². The molecule has 0 aliphatic carbocycles. The molecule has 0 fully saturated rings. The number of anilines is 2. The van der Waals surface area contributed by atoms with Crippen LogP contribution in [0, 0.1) is 0 Å². The van der Waals surface area contributed by atoms with Crippen molar-refractivity contribution in [1.29, 1.82) is 0 Å². The Morgan fingerprint density at radius 2 is 2.06 bits per heavy atom. The van der Waals surface area contributed by atoms with Gasteiger partial charge in [-0.05, 0) is 24.5 Å². The minimum atomic E-state index is -0.0656. The molecule has 0 saturated carbocycles. The van der Waals surface area contributed by atoms with Crippen LogP contribution < -0.4 is 4.90 Å². The highest BCUT2D eigenvalue weighted by atomic mass is 16.3. The van der Waals surface area contributed by atoms with E-state index in [0.29, 0.717) is 5.69 Å². The molecule has 0 atom stereocenters. The summed E-state index contributed by atoms with van der Waals surface area (Å²) in [6.45, 7) is 0.897. The molecule has 4 nitrogen and oxygen atoms in total. The number of nitrogens with zero attached hydrogens (tertiary/aromatic N) is 3. The maximum Gasteiger partial charge on any atom is 0.151 e. The van der Waals surface area contributed by atoms with E-state index in [0.717, 1.165) is 25.2 Å². The van der Waals surface area contributed by atoms with Crippen LogP contribution in [0.25, 0.3) is 0 Å². The maximum absolute atomic E-state index is 8.98. The standard InChI is InChI=1S/C14H15N3O/c18-10-12-8-16-14(9-15-12)17-7-3-5-11-4-1-2-6-13(11)17/h1-2,4,6,8-9,18H,3,5,7,10H2. The van der Waals surface area contributed by atoms with Gasteiger partial charge in [-0.25, -0.2) is 4.98 Å². The van der Waals surface area contributed by atoms with Gasteiger partial charge in [-0.1, -0.05) is 18.2 Å². The fourth-order valence-electron chi connectivity index (χ4n) is 2.34. The number of benzene rings is 1. The second-order valence-electron chi connectivity index (χ2n) is 4.41. The second kappa shape index (κ2) is 4.74. The average Bonchev–Trinajstić information content (AvgIpc) is 2.47. The molecular formula is C14H15N3O. The van der Waals surface area contributed by atoms with E-state index in [1.165, 1.54) is 11.3 Å². The van der Waals surface area contributed by atoms with Gasteiger partial charge in [0.25, 0.3) is 0 Å². The predicted octanol–water partition coefficient (Wildman–Crippen LogP) is 2.05. The Bertz CT molecular complexity index is 539. The molecule has 2 heterocycles. The zero-order chi connectivity index (χ0) is 12.4. The highest BCUT2D eigenvalue weighted by Gasteiger charge is 2.18. The van der Waals surface area contributed by atoms with Crippen molar-refractivity contribution >= 4 is 11.5 Å². The number of hydrogen-bond donors (Lipinski definition) is 1. The van der Waals surface area contributed by atoms with E-state index in [2.05, 4.69) is 33.1 Å². The van der Waals surface area contributed by atoms with Crippen LogP contribution in [0.2, 0.25) is 0 Å². The van der Waals surface area contributed by atoms with Gasteiger partial charge in [0.2, 0.25) is 0 Å². The number of rotatable bonds is 2. The van der Waals surface area contributed by atoms with Crippen LogP contribution in [0.1, 0.15) is 17.7 Å². The zero-order valence-corrected chi connectivity index (χ0v) is 10.1. The van der Waals surface area contributed by atoms with Crippen LogP contribution in [-0.2, 0) is 13.0 Å². The average molecular weight is 241 g/mol. The van der Waals surface area contributed by atoms with E-state index in [4.69, 9.17) is 5.11 Å². The molecule has 0 amide bonds. The Morgan fingerprint density at radius 3 is 2.83 bits per heavy atom. The summed E-state index contributed by atoms with van der Waals surface area (Å²) in [6, 6.07) is 8.41. The Balaban J connectivity index is 1.97.